The molecule has 0 aliphatic heterocycles. The maximum atomic E-state index is 12.3. The molecule has 0 spiro atoms. The lowest BCUT2D eigenvalue weighted by atomic mass is 9.85. The number of nitrogens with zero attached hydrogens (tertiary/aromatic N) is 1. The number of rotatable bonds is 3. The van der Waals surface area contributed by atoms with E-state index in [1.165, 1.54) is 0 Å². The van der Waals surface area contributed by atoms with Gasteiger partial charge in [-0.15, -0.1) is 36.2 Å². The van der Waals surface area contributed by atoms with Crippen molar-refractivity contribution in [2.24, 2.45) is 11.7 Å². The summed E-state index contributed by atoms with van der Waals surface area (Å²) in [5.41, 5.74) is 5.53. The minimum Gasteiger partial charge on any atom is -0.344 e. The van der Waals surface area contributed by atoms with E-state index in [1.54, 1.807) is 17.5 Å². The summed E-state index contributed by atoms with van der Waals surface area (Å²) in [6.45, 7) is 3.99. The lowest BCUT2D eigenvalue weighted by Crippen LogP contribution is -2.46. The highest BCUT2D eigenvalue weighted by atomic mass is 35.5. The van der Waals surface area contributed by atoms with E-state index in [9.17, 15) is 4.79 Å². The number of amides is 1. The molecule has 20 heavy (non-hydrogen) atoms. The molecule has 7 heteroatoms. The molecule has 1 amide bonds. The van der Waals surface area contributed by atoms with Gasteiger partial charge in [0.25, 0.3) is 0 Å². The second kappa shape index (κ2) is 8.17. The standard InChI is InChI=1S/C13H21N3OS.2ClH/c1-13(2,12-15-6-7-18-12)16-11(17)9-4-3-5-10(14)8-9;;/h6-7,9-10H,3-5,8,14H2,1-2H3,(H,16,17);2*1H. The van der Waals surface area contributed by atoms with Gasteiger partial charge in [-0.3, -0.25) is 4.79 Å². The molecule has 0 bridgehead atoms. The van der Waals surface area contributed by atoms with E-state index in [0.29, 0.717) is 0 Å². The minimum atomic E-state index is -0.396. The van der Waals surface area contributed by atoms with Crippen molar-refractivity contribution in [3.05, 3.63) is 16.6 Å². The van der Waals surface area contributed by atoms with Crippen LogP contribution in [0, 0.1) is 5.92 Å². The van der Waals surface area contributed by atoms with Gasteiger partial charge in [-0.05, 0) is 33.1 Å². The van der Waals surface area contributed by atoms with E-state index in [2.05, 4.69) is 10.3 Å². The van der Waals surface area contributed by atoms with Crippen LogP contribution >= 0.6 is 36.2 Å². The van der Waals surface area contributed by atoms with E-state index in [1.807, 2.05) is 19.2 Å². The summed E-state index contributed by atoms with van der Waals surface area (Å²) < 4.78 is 0. The Bertz CT molecular complexity index is 412. The van der Waals surface area contributed by atoms with Gasteiger partial charge in [-0.25, -0.2) is 4.98 Å². The van der Waals surface area contributed by atoms with E-state index in [4.69, 9.17) is 5.73 Å². The summed E-state index contributed by atoms with van der Waals surface area (Å²) >= 11 is 1.57. The Balaban J connectivity index is 0.00000180. The Morgan fingerprint density at radius 2 is 2.15 bits per heavy atom. The summed E-state index contributed by atoms with van der Waals surface area (Å²) in [6, 6.07) is 0.178. The molecule has 4 nitrogen and oxygen atoms in total. The third kappa shape index (κ3) is 4.88. The van der Waals surface area contributed by atoms with Crippen LogP contribution < -0.4 is 11.1 Å². The third-order valence-electron chi connectivity index (χ3n) is 3.49. The van der Waals surface area contributed by atoms with Crippen molar-refractivity contribution in [2.45, 2.75) is 51.1 Å². The summed E-state index contributed by atoms with van der Waals surface area (Å²) in [6.07, 6.45) is 5.62. The second-order valence-corrected chi connectivity index (χ2v) is 6.47. The van der Waals surface area contributed by atoms with Gasteiger partial charge in [0.15, 0.2) is 0 Å². The second-order valence-electron chi connectivity index (χ2n) is 5.58. The molecule has 1 aromatic rings. The Morgan fingerprint density at radius 3 is 2.70 bits per heavy atom. The zero-order valence-corrected chi connectivity index (χ0v) is 14.2. The van der Waals surface area contributed by atoms with E-state index >= 15 is 0 Å². The van der Waals surface area contributed by atoms with Gasteiger partial charge in [0.2, 0.25) is 5.91 Å². The zero-order valence-electron chi connectivity index (χ0n) is 11.8. The molecular weight excluding hydrogens is 317 g/mol. The molecule has 3 N–H and O–H groups in total. The molecule has 2 rings (SSSR count). The van der Waals surface area contributed by atoms with E-state index < -0.39 is 5.54 Å². The van der Waals surface area contributed by atoms with Gasteiger partial charge in [0.05, 0.1) is 5.54 Å². The molecular formula is C13H23Cl2N3OS. The van der Waals surface area contributed by atoms with Crippen LogP contribution in [0.25, 0.3) is 0 Å². The molecule has 1 aliphatic rings. The fourth-order valence-corrected chi connectivity index (χ4v) is 3.18. The van der Waals surface area contributed by atoms with Crippen molar-refractivity contribution < 1.29 is 4.79 Å². The first-order valence-corrected chi connectivity index (χ1v) is 7.34. The van der Waals surface area contributed by atoms with Crippen LogP contribution in [0.2, 0.25) is 0 Å². The summed E-state index contributed by atoms with van der Waals surface area (Å²) in [5.74, 6) is 0.179. The predicted octanol–water partition coefficient (Wildman–Crippen LogP) is 2.86. The molecule has 0 radical (unpaired) electrons. The van der Waals surface area contributed by atoms with Crippen molar-refractivity contribution in [1.82, 2.24) is 10.3 Å². The highest BCUT2D eigenvalue weighted by molar-refractivity contribution is 7.09. The van der Waals surface area contributed by atoms with Crippen molar-refractivity contribution in [1.29, 1.82) is 0 Å². The van der Waals surface area contributed by atoms with Crippen molar-refractivity contribution in [3.8, 4) is 0 Å². The monoisotopic (exact) mass is 339 g/mol. The normalized spacial score (nSPS) is 22.4. The average Bonchev–Trinajstić information content (AvgIpc) is 2.82. The number of thiazole rings is 1. The average molecular weight is 340 g/mol. The molecule has 1 aromatic heterocycles. The molecule has 1 aliphatic carbocycles. The molecule has 1 fully saturated rings. The summed E-state index contributed by atoms with van der Waals surface area (Å²) in [5, 5.41) is 5.97. The number of hydrogen-bond acceptors (Lipinski definition) is 4. The predicted molar refractivity (Wildman–Crippen MR) is 87.7 cm³/mol. The van der Waals surface area contributed by atoms with Crippen LogP contribution in [0.15, 0.2) is 11.6 Å². The maximum Gasteiger partial charge on any atom is 0.223 e. The fourth-order valence-electron chi connectivity index (χ4n) is 2.46. The smallest absolute Gasteiger partial charge is 0.223 e. The Kier molecular flexibility index (Phi) is 8.03. The Morgan fingerprint density at radius 1 is 1.45 bits per heavy atom. The van der Waals surface area contributed by atoms with Crippen LogP contribution in [-0.4, -0.2) is 16.9 Å². The first-order valence-electron chi connectivity index (χ1n) is 6.46. The number of hydrogen-bond donors (Lipinski definition) is 2. The highest BCUT2D eigenvalue weighted by Gasteiger charge is 2.31. The van der Waals surface area contributed by atoms with Crippen LogP contribution in [0.4, 0.5) is 0 Å². The zero-order chi connectivity index (χ0) is 13.2. The molecule has 1 heterocycles. The summed E-state index contributed by atoms with van der Waals surface area (Å²) in [4.78, 5) is 16.5. The lowest BCUT2D eigenvalue weighted by molar-refractivity contribution is -0.127. The molecule has 0 aromatic carbocycles. The number of nitrogens with two attached hydrogens (primary N) is 1. The summed E-state index contributed by atoms with van der Waals surface area (Å²) in [7, 11) is 0. The molecule has 0 saturated heterocycles. The van der Waals surface area contributed by atoms with Crippen molar-refractivity contribution in [3.63, 3.8) is 0 Å². The third-order valence-corrected chi connectivity index (χ3v) is 4.59. The number of aromatic nitrogens is 1. The SMILES string of the molecule is CC(C)(NC(=O)C1CCCC(N)C1)c1nccs1.Cl.Cl. The van der Waals surface area contributed by atoms with Crippen LogP contribution in [0.3, 0.4) is 0 Å². The van der Waals surface area contributed by atoms with Crippen LogP contribution in [0.5, 0.6) is 0 Å². The number of carbonyl (C=O) groups is 1. The van der Waals surface area contributed by atoms with E-state index in [0.717, 1.165) is 30.7 Å². The Hall–Kier alpha value is -0.360. The first-order chi connectivity index (χ1) is 8.49. The van der Waals surface area contributed by atoms with Crippen LogP contribution in [0.1, 0.15) is 44.5 Å². The maximum absolute atomic E-state index is 12.3. The quantitative estimate of drug-likeness (QED) is 0.889. The topological polar surface area (TPSA) is 68.0 Å². The van der Waals surface area contributed by atoms with Gasteiger partial charge < -0.3 is 11.1 Å². The van der Waals surface area contributed by atoms with Gasteiger partial charge in [-0.2, -0.15) is 0 Å². The first kappa shape index (κ1) is 19.6. The number of halogens is 2. The van der Waals surface area contributed by atoms with Gasteiger partial charge in [0, 0.05) is 23.5 Å². The molecule has 2 atom stereocenters. The molecule has 116 valence electrons. The van der Waals surface area contributed by atoms with Crippen LogP contribution in [-0.2, 0) is 10.3 Å². The van der Waals surface area contributed by atoms with Crippen molar-refractivity contribution >= 4 is 42.1 Å². The highest BCUT2D eigenvalue weighted by Crippen LogP contribution is 2.26. The molecule has 1 saturated carbocycles. The number of nitrogens with one attached hydrogen (secondary N) is 1. The van der Waals surface area contributed by atoms with Crippen molar-refractivity contribution in [2.75, 3.05) is 0 Å². The number of carbonyl (C=O) groups excluding carboxylic acids is 1. The Labute approximate surface area is 136 Å². The molecule has 2 unspecified atom stereocenters. The van der Waals surface area contributed by atoms with Gasteiger partial charge in [0.1, 0.15) is 5.01 Å². The van der Waals surface area contributed by atoms with Gasteiger partial charge in [-0.1, -0.05) is 6.42 Å². The fraction of sp³-hybridized carbons (Fsp3) is 0.692. The lowest BCUT2D eigenvalue weighted by Gasteiger charge is -2.30. The largest absolute Gasteiger partial charge is 0.344 e. The van der Waals surface area contributed by atoms with Gasteiger partial charge >= 0.3 is 0 Å². The minimum absolute atomic E-state index is 0. The van der Waals surface area contributed by atoms with E-state index in [-0.39, 0.29) is 42.7 Å².